The van der Waals surface area contributed by atoms with Gasteiger partial charge in [-0.3, -0.25) is 9.36 Å². The van der Waals surface area contributed by atoms with Gasteiger partial charge in [-0.25, -0.2) is 4.98 Å². The first-order valence-corrected chi connectivity index (χ1v) is 9.71. The number of carbonyl (C=O) groups is 1. The maximum atomic E-state index is 12.7. The van der Waals surface area contributed by atoms with Crippen molar-refractivity contribution in [2.24, 2.45) is 0 Å². The lowest BCUT2D eigenvalue weighted by Gasteiger charge is -2.36. The van der Waals surface area contributed by atoms with Crippen LogP contribution in [0.4, 0.5) is 5.82 Å². The highest BCUT2D eigenvalue weighted by atomic mass is 16.5. The normalized spacial score (nSPS) is 15.2. The van der Waals surface area contributed by atoms with Gasteiger partial charge in [-0.15, -0.1) is 10.2 Å². The molecule has 1 amide bonds. The van der Waals surface area contributed by atoms with Crippen molar-refractivity contribution in [2.45, 2.75) is 20.0 Å². The van der Waals surface area contributed by atoms with Crippen LogP contribution in [0.15, 0.2) is 54.9 Å². The second-order valence-corrected chi connectivity index (χ2v) is 6.98. The van der Waals surface area contributed by atoms with Crippen molar-refractivity contribution in [2.75, 3.05) is 31.1 Å². The minimum absolute atomic E-state index is 0.00511. The Labute approximate surface area is 169 Å². The molecular weight excluding hydrogens is 368 g/mol. The molecule has 4 rings (SSSR count). The van der Waals surface area contributed by atoms with Gasteiger partial charge in [0, 0.05) is 38.6 Å². The van der Waals surface area contributed by atoms with E-state index in [1.165, 1.54) is 0 Å². The zero-order valence-corrected chi connectivity index (χ0v) is 16.6. The summed E-state index contributed by atoms with van der Waals surface area (Å²) in [6.07, 6.45) is 3.09. The molecule has 1 aromatic carbocycles. The lowest BCUT2D eigenvalue weighted by molar-refractivity contribution is -0.138. The molecule has 0 aliphatic carbocycles. The smallest absolute Gasteiger partial charge is 0.263 e. The first-order valence-electron chi connectivity index (χ1n) is 9.71. The highest BCUT2D eigenvalue weighted by Gasteiger charge is 2.26. The standard InChI is InChI=1S/C21H24N6O2/c1-16(29-18-6-4-3-5-7-18)21(28)26-14-12-25(13-15-26)19-8-9-20(24-23-19)27-11-10-22-17(27)2/h3-11,16H,12-15H2,1-2H3/t16-/m0/s1. The number of nitrogens with zero attached hydrogens (tertiary/aromatic N) is 6. The predicted octanol–water partition coefficient (Wildman–Crippen LogP) is 2.09. The number of carbonyl (C=O) groups excluding carboxylic acids is 1. The predicted molar refractivity (Wildman–Crippen MR) is 109 cm³/mol. The summed E-state index contributed by atoms with van der Waals surface area (Å²) >= 11 is 0. The van der Waals surface area contributed by atoms with Gasteiger partial charge in [0.1, 0.15) is 11.6 Å². The number of piperazine rings is 1. The van der Waals surface area contributed by atoms with Crippen molar-refractivity contribution in [3.63, 3.8) is 0 Å². The van der Waals surface area contributed by atoms with Crippen molar-refractivity contribution in [3.05, 3.63) is 60.7 Å². The Morgan fingerprint density at radius 3 is 2.31 bits per heavy atom. The van der Waals surface area contributed by atoms with Crippen molar-refractivity contribution in [3.8, 4) is 11.6 Å². The quantitative estimate of drug-likeness (QED) is 0.662. The summed E-state index contributed by atoms with van der Waals surface area (Å²) in [5.74, 6) is 3.13. The Morgan fingerprint density at radius 1 is 1.00 bits per heavy atom. The molecule has 0 unspecified atom stereocenters. The van der Waals surface area contributed by atoms with E-state index in [0.29, 0.717) is 31.9 Å². The molecule has 8 heteroatoms. The molecule has 2 aromatic heterocycles. The molecule has 3 aromatic rings. The average molecular weight is 392 g/mol. The van der Waals surface area contributed by atoms with E-state index >= 15 is 0 Å². The number of aryl methyl sites for hydroxylation is 1. The fraction of sp³-hybridized carbons (Fsp3) is 0.333. The van der Waals surface area contributed by atoms with Crippen LogP contribution in [0.1, 0.15) is 12.7 Å². The first-order chi connectivity index (χ1) is 14.1. The van der Waals surface area contributed by atoms with Crippen LogP contribution in [-0.2, 0) is 4.79 Å². The molecule has 1 fully saturated rings. The Hall–Kier alpha value is -3.42. The Kier molecular flexibility index (Phi) is 5.41. The number of anilines is 1. The lowest BCUT2D eigenvalue weighted by atomic mass is 10.2. The van der Waals surface area contributed by atoms with Gasteiger partial charge < -0.3 is 14.5 Å². The van der Waals surface area contributed by atoms with E-state index in [-0.39, 0.29) is 5.91 Å². The summed E-state index contributed by atoms with van der Waals surface area (Å²) in [5.41, 5.74) is 0. The van der Waals surface area contributed by atoms with Crippen LogP contribution in [0.5, 0.6) is 5.75 Å². The maximum Gasteiger partial charge on any atom is 0.263 e. The third-order valence-corrected chi connectivity index (χ3v) is 5.03. The monoisotopic (exact) mass is 392 g/mol. The van der Waals surface area contributed by atoms with Crippen molar-refractivity contribution >= 4 is 11.7 Å². The maximum absolute atomic E-state index is 12.7. The van der Waals surface area contributed by atoms with Crippen LogP contribution < -0.4 is 9.64 Å². The number of benzene rings is 1. The van der Waals surface area contributed by atoms with Crippen LogP contribution in [0.25, 0.3) is 5.82 Å². The number of ether oxygens (including phenoxy) is 1. The molecular formula is C21H24N6O2. The fourth-order valence-corrected chi connectivity index (χ4v) is 3.40. The molecule has 29 heavy (non-hydrogen) atoms. The highest BCUT2D eigenvalue weighted by Crippen LogP contribution is 2.17. The van der Waals surface area contributed by atoms with E-state index in [2.05, 4.69) is 20.1 Å². The van der Waals surface area contributed by atoms with Crippen molar-refractivity contribution in [1.82, 2.24) is 24.6 Å². The van der Waals surface area contributed by atoms with Gasteiger partial charge >= 0.3 is 0 Å². The topological polar surface area (TPSA) is 76.4 Å². The highest BCUT2D eigenvalue weighted by molar-refractivity contribution is 5.81. The lowest BCUT2D eigenvalue weighted by Crippen LogP contribution is -2.52. The van der Waals surface area contributed by atoms with Crippen LogP contribution in [0, 0.1) is 6.92 Å². The summed E-state index contributed by atoms with van der Waals surface area (Å²) in [7, 11) is 0. The number of para-hydroxylation sites is 1. The molecule has 0 spiro atoms. The van der Waals surface area contributed by atoms with E-state index in [4.69, 9.17) is 4.74 Å². The Morgan fingerprint density at radius 2 is 1.69 bits per heavy atom. The van der Waals surface area contributed by atoms with E-state index in [9.17, 15) is 4.79 Å². The molecule has 1 saturated heterocycles. The molecule has 1 aliphatic heterocycles. The molecule has 0 radical (unpaired) electrons. The fourth-order valence-electron chi connectivity index (χ4n) is 3.40. The number of hydrogen-bond acceptors (Lipinski definition) is 6. The number of aromatic nitrogens is 4. The van der Waals surface area contributed by atoms with E-state index < -0.39 is 6.10 Å². The summed E-state index contributed by atoms with van der Waals surface area (Å²) in [6, 6.07) is 13.3. The molecule has 3 heterocycles. The Balaban J connectivity index is 1.33. The molecule has 1 aliphatic rings. The van der Waals surface area contributed by atoms with Gasteiger partial charge in [0.05, 0.1) is 0 Å². The van der Waals surface area contributed by atoms with Gasteiger partial charge in [-0.05, 0) is 38.1 Å². The SMILES string of the molecule is Cc1nccn1-c1ccc(N2CCN(C(=O)[C@H](C)Oc3ccccc3)CC2)nn1. The summed E-state index contributed by atoms with van der Waals surface area (Å²) in [4.78, 5) is 20.9. The minimum Gasteiger partial charge on any atom is -0.481 e. The van der Waals surface area contributed by atoms with Crippen molar-refractivity contribution < 1.29 is 9.53 Å². The third-order valence-electron chi connectivity index (χ3n) is 5.03. The molecule has 0 N–H and O–H groups in total. The number of hydrogen-bond donors (Lipinski definition) is 0. The largest absolute Gasteiger partial charge is 0.481 e. The minimum atomic E-state index is -0.513. The zero-order chi connectivity index (χ0) is 20.2. The van der Waals surface area contributed by atoms with Crippen LogP contribution >= 0.6 is 0 Å². The number of rotatable bonds is 5. The van der Waals surface area contributed by atoms with Crippen molar-refractivity contribution in [1.29, 1.82) is 0 Å². The van der Waals surface area contributed by atoms with E-state index in [0.717, 1.165) is 17.5 Å². The zero-order valence-electron chi connectivity index (χ0n) is 16.6. The molecule has 0 bridgehead atoms. The summed E-state index contributed by atoms with van der Waals surface area (Å²) in [6.45, 7) is 6.40. The Bertz CT molecular complexity index is 949. The first kappa shape index (κ1) is 18.9. The van der Waals surface area contributed by atoms with Crippen LogP contribution in [-0.4, -0.2) is 62.8 Å². The van der Waals surface area contributed by atoms with Gasteiger partial charge in [0.15, 0.2) is 17.7 Å². The molecule has 0 saturated carbocycles. The summed E-state index contributed by atoms with van der Waals surface area (Å²) < 4.78 is 7.65. The molecule has 150 valence electrons. The molecule has 8 nitrogen and oxygen atoms in total. The van der Waals surface area contributed by atoms with Gasteiger partial charge in [-0.1, -0.05) is 18.2 Å². The van der Waals surface area contributed by atoms with E-state index in [1.54, 1.807) is 13.1 Å². The average Bonchev–Trinajstić information content (AvgIpc) is 3.20. The van der Waals surface area contributed by atoms with Crippen LogP contribution in [0.3, 0.4) is 0 Å². The van der Waals surface area contributed by atoms with Gasteiger partial charge in [0.2, 0.25) is 0 Å². The van der Waals surface area contributed by atoms with Gasteiger partial charge in [0.25, 0.3) is 5.91 Å². The summed E-state index contributed by atoms with van der Waals surface area (Å²) in [5, 5.41) is 8.68. The number of amides is 1. The number of imidazole rings is 1. The van der Waals surface area contributed by atoms with E-state index in [1.807, 2.05) is 65.1 Å². The third kappa shape index (κ3) is 4.21. The molecule has 1 atom stereocenters. The second-order valence-electron chi connectivity index (χ2n) is 6.98. The van der Waals surface area contributed by atoms with Crippen LogP contribution in [0.2, 0.25) is 0 Å². The second kappa shape index (κ2) is 8.30. The van der Waals surface area contributed by atoms with Gasteiger partial charge in [-0.2, -0.15) is 0 Å².